The second-order valence-corrected chi connectivity index (χ2v) is 6.95. The number of carbonyl (C=O) groups is 1. The van der Waals surface area contributed by atoms with Gasteiger partial charge in [0, 0.05) is 36.4 Å². The number of halogens is 1. The Labute approximate surface area is 151 Å². The first-order valence-electron chi connectivity index (χ1n) is 8.71. The standard InChI is InChI=1S/C20H21FN4O/c1-23(2)17-9-10-24(12-17)20(26)14-3-6-16(7-4-14)25-13-22-18-11-15(21)5-8-19(18)25/h3-8,11,13,17H,9-10,12H2,1-2H3. The van der Waals surface area contributed by atoms with Crippen molar-refractivity contribution in [2.45, 2.75) is 12.5 Å². The number of fused-ring (bicyclic) bond motifs is 1. The van der Waals surface area contributed by atoms with E-state index in [1.54, 1.807) is 12.4 Å². The molecule has 0 saturated carbocycles. The molecule has 1 unspecified atom stereocenters. The molecule has 3 aromatic rings. The summed E-state index contributed by atoms with van der Waals surface area (Å²) in [6.07, 6.45) is 2.68. The molecule has 6 heteroatoms. The highest BCUT2D eigenvalue weighted by molar-refractivity contribution is 5.94. The molecule has 0 bridgehead atoms. The number of nitrogens with zero attached hydrogens (tertiary/aromatic N) is 4. The lowest BCUT2D eigenvalue weighted by Crippen LogP contribution is -2.34. The normalized spacial score (nSPS) is 17.4. The zero-order chi connectivity index (χ0) is 18.3. The quantitative estimate of drug-likeness (QED) is 0.728. The Hall–Kier alpha value is -2.73. The summed E-state index contributed by atoms with van der Waals surface area (Å²) < 4.78 is 15.2. The van der Waals surface area contributed by atoms with Crippen LogP contribution in [0.2, 0.25) is 0 Å². The molecule has 1 atom stereocenters. The molecule has 1 aliphatic heterocycles. The lowest BCUT2D eigenvalue weighted by Gasteiger charge is -2.20. The minimum atomic E-state index is -0.301. The van der Waals surface area contributed by atoms with Crippen LogP contribution in [-0.2, 0) is 0 Å². The summed E-state index contributed by atoms with van der Waals surface area (Å²) >= 11 is 0. The third-order valence-electron chi connectivity index (χ3n) is 5.08. The topological polar surface area (TPSA) is 41.4 Å². The molecule has 1 aromatic heterocycles. The molecule has 1 fully saturated rings. The fourth-order valence-corrected chi connectivity index (χ4v) is 3.49. The monoisotopic (exact) mass is 352 g/mol. The zero-order valence-corrected chi connectivity index (χ0v) is 14.9. The van der Waals surface area contributed by atoms with Crippen molar-refractivity contribution in [3.8, 4) is 5.69 Å². The van der Waals surface area contributed by atoms with Gasteiger partial charge in [-0.15, -0.1) is 0 Å². The van der Waals surface area contributed by atoms with E-state index >= 15 is 0 Å². The van der Waals surface area contributed by atoms with Gasteiger partial charge in [-0.25, -0.2) is 9.37 Å². The van der Waals surface area contributed by atoms with E-state index in [2.05, 4.69) is 24.0 Å². The molecule has 0 N–H and O–H groups in total. The molecule has 5 nitrogen and oxygen atoms in total. The van der Waals surface area contributed by atoms with Crippen molar-refractivity contribution in [2.75, 3.05) is 27.2 Å². The van der Waals surface area contributed by atoms with Crippen LogP contribution in [-0.4, -0.2) is 58.5 Å². The van der Waals surface area contributed by atoms with Gasteiger partial charge in [0.15, 0.2) is 0 Å². The van der Waals surface area contributed by atoms with E-state index in [4.69, 9.17) is 0 Å². The van der Waals surface area contributed by atoms with E-state index in [0.717, 1.165) is 30.7 Å². The van der Waals surface area contributed by atoms with Gasteiger partial charge >= 0.3 is 0 Å². The minimum Gasteiger partial charge on any atom is -0.337 e. The van der Waals surface area contributed by atoms with E-state index in [0.29, 0.717) is 17.1 Å². The number of benzene rings is 2. The molecular weight excluding hydrogens is 331 g/mol. The Morgan fingerprint density at radius 2 is 1.96 bits per heavy atom. The first-order valence-corrected chi connectivity index (χ1v) is 8.71. The number of likely N-dealkylation sites (tertiary alicyclic amines) is 1. The van der Waals surface area contributed by atoms with E-state index in [1.807, 2.05) is 33.7 Å². The van der Waals surface area contributed by atoms with Gasteiger partial charge < -0.3 is 9.80 Å². The Bertz CT molecular complexity index is 948. The third kappa shape index (κ3) is 2.97. The summed E-state index contributed by atoms with van der Waals surface area (Å²) in [5.74, 6) is -0.233. The van der Waals surface area contributed by atoms with Crippen LogP contribution in [0, 0.1) is 5.82 Å². The van der Waals surface area contributed by atoms with Crippen LogP contribution in [0.3, 0.4) is 0 Å². The van der Waals surface area contributed by atoms with E-state index in [9.17, 15) is 9.18 Å². The summed E-state index contributed by atoms with van der Waals surface area (Å²) in [5, 5.41) is 0. The summed E-state index contributed by atoms with van der Waals surface area (Å²) in [6, 6.07) is 12.5. The van der Waals surface area contributed by atoms with Gasteiger partial charge in [0.2, 0.25) is 0 Å². The van der Waals surface area contributed by atoms with Gasteiger partial charge in [0.25, 0.3) is 5.91 Å². The Morgan fingerprint density at radius 3 is 2.65 bits per heavy atom. The number of amides is 1. The van der Waals surface area contributed by atoms with E-state index in [1.165, 1.54) is 12.1 Å². The molecule has 2 heterocycles. The van der Waals surface area contributed by atoms with Crippen LogP contribution in [0.25, 0.3) is 16.7 Å². The molecule has 1 saturated heterocycles. The molecule has 0 spiro atoms. The van der Waals surface area contributed by atoms with Crippen molar-refractivity contribution in [3.63, 3.8) is 0 Å². The number of carbonyl (C=O) groups excluding carboxylic acids is 1. The number of hydrogen-bond donors (Lipinski definition) is 0. The van der Waals surface area contributed by atoms with Crippen LogP contribution in [0.4, 0.5) is 4.39 Å². The van der Waals surface area contributed by atoms with Crippen LogP contribution >= 0.6 is 0 Å². The number of hydrogen-bond acceptors (Lipinski definition) is 3. The van der Waals surface area contributed by atoms with Crippen molar-refractivity contribution in [1.29, 1.82) is 0 Å². The Kier molecular flexibility index (Phi) is 4.20. The minimum absolute atomic E-state index is 0.0680. The van der Waals surface area contributed by atoms with Gasteiger partial charge in [-0.3, -0.25) is 9.36 Å². The van der Waals surface area contributed by atoms with Gasteiger partial charge in [0.1, 0.15) is 12.1 Å². The highest BCUT2D eigenvalue weighted by Gasteiger charge is 2.27. The highest BCUT2D eigenvalue weighted by Crippen LogP contribution is 2.21. The molecule has 134 valence electrons. The van der Waals surface area contributed by atoms with Gasteiger partial charge in [0.05, 0.1) is 11.0 Å². The average Bonchev–Trinajstić information content (AvgIpc) is 3.28. The molecule has 4 rings (SSSR count). The molecule has 26 heavy (non-hydrogen) atoms. The maximum absolute atomic E-state index is 13.3. The zero-order valence-electron chi connectivity index (χ0n) is 14.9. The molecular formula is C20H21FN4O. The maximum Gasteiger partial charge on any atom is 0.253 e. The average molecular weight is 352 g/mol. The van der Waals surface area contributed by atoms with Gasteiger partial charge in [-0.05, 0) is 56.9 Å². The summed E-state index contributed by atoms with van der Waals surface area (Å²) in [6.45, 7) is 1.56. The SMILES string of the molecule is CN(C)C1CCN(C(=O)c2ccc(-n3cnc4cc(F)ccc43)cc2)C1. The maximum atomic E-state index is 13.3. The fraction of sp³-hybridized carbons (Fsp3) is 0.300. The van der Waals surface area contributed by atoms with Gasteiger partial charge in [-0.1, -0.05) is 0 Å². The second-order valence-electron chi connectivity index (χ2n) is 6.95. The molecule has 1 aliphatic rings. The second kappa shape index (κ2) is 6.53. The summed E-state index contributed by atoms with van der Waals surface area (Å²) in [4.78, 5) is 21.0. The van der Waals surface area contributed by atoms with Crippen molar-refractivity contribution < 1.29 is 9.18 Å². The van der Waals surface area contributed by atoms with Crippen molar-refractivity contribution in [1.82, 2.24) is 19.4 Å². The van der Waals surface area contributed by atoms with Crippen molar-refractivity contribution >= 4 is 16.9 Å². The summed E-state index contributed by atoms with van der Waals surface area (Å²) in [7, 11) is 4.10. The Balaban J connectivity index is 1.56. The fourth-order valence-electron chi connectivity index (χ4n) is 3.49. The van der Waals surface area contributed by atoms with E-state index in [-0.39, 0.29) is 11.7 Å². The van der Waals surface area contributed by atoms with E-state index < -0.39 is 0 Å². The van der Waals surface area contributed by atoms with Crippen LogP contribution in [0.1, 0.15) is 16.8 Å². The number of imidazole rings is 1. The first kappa shape index (κ1) is 16.7. The first-order chi connectivity index (χ1) is 12.5. The Morgan fingerprint density at radius 1 is 1.19 bits per heavy atom. The predicted molar refractivity (Wildman–Crippen MR) is 99.0 cm³/mol. The predicted octanol–water partition coefficient (Wildman–Crippen LogP) is 2.94. The number of rotatable bonds is 3. The number of aromatic nitrogens is 2. The lowest BCUT2D eigenvalue weighted by atomic mass is 10.1. The van der Waals surface area contributed by atoms with Crippen molar-refractivity contribution in [3.05, 3.63) is 60.2 Å². The van der Waals surface area contributed by atoms with Crippen LogP contribution in [0.5, 0.6) is 0 Å². The summed E-state index contributed by atoms with van der Waals surface area (Å²) in [5.41, 5.74) is 3.02. The lowest BCUT2D eigenvalue weighted by molar-refractivity contribution is 0.0783. The van der Waals surface area contributed by atoms with Crippen LogP contribution in [0.15, 0.2) is 48.8 Å². The van der Waals surface area contributed by atoms with Crippen LogP contribution < -0.4 is 0 Å². The smallest absolute Gasteiger partial charge is 0.253 e. The largest absolute Gasteiger partial charge is 0.337 e. The molecule has 1 amide bonds. The van der Waals surface area contributed by atoms with Gasteiger partial charge in [-0.2, -0.15) is 0 Å². The number of likely N-dealkylation sites (N-methyl/N-ethyl adjacent to an activating group) is 1. The molecule has 2 aromatic carbocycles. The molecule has 0 radical (unpaired) electrons. The highest BCUT2D eigenvalue weighted by atomic mass is 19.1. The third-order valence-corrected chi connectivity index (χ3v) is 5.08. The van der Waals surface area contributed by atoms with Crippen molar-refractivity contribution in [2.24, 2.45) is 0 Å². The molecule has 0 aliphatic carbocycles.